The Balaban J connectivity index is 0.000000190. The van der Waals surface area contributed by atoms with E-state index in [4.69, 9.17) is 10.6 Å². The van der Waals surface area contributed by atoms with Gasteiger partial charge in [-0.2, -0.15) is 5.10 Å². The standard InChI is InChI=1S/C17H13N5O3.C8H8N4O/c23-15-9-25-14-6-5-10(7-13(14)19-15)8-18-22-17-20-12-4-2-1-3-11(12)16(24)21-17;9-12-8-10-6-4-2-1-3-5(6)7(13)11-8/h1-8H,9H2,(H,19,23)(H2,20,21,22,24);1-4H,9H2,(H2,10,11,12,13)/b18-8+;. The minimum atomic E-state index is -0.239. The van der Waals surface area contributed by atoms with Gasteiger partial charge in [-0.15, -0.1) is 0 Å². The number of amides is 1. The maximum atomic E-state index is 12.0. The van der Waals surface area contributed by atoms with Crippen molar-refractivity contribution in [3.05, 3.63) is 93.0 Å². The number of H-pyrrole nitrogens is 2. The van der Waals surface area contributed by atoms with Crippen LogP contribution in [0.25, 0.3) is 21.8 Å². The molecule has 13 nitrogen and oxygen atoms in total. The number of hydrazine groups is 1. The van der Waals surface area contributed by atoms with Crippen LogP contribution in [-0.4, -0.2) is 38.7 Å². The van der Waals surface area contributed by atoms with E-state index in [1.165, 1.54) is 0 Å². The summed E-state index contributed by atoms with van der Waals surface area (Å²) >= 11 is 0. The van der Waals surface area contributed by atoms with Gasteiger partial charge in [0.05, 0.1) is 33.7 Å². The molecule has 13 heteroatoms. The second-order valence-electron chi connectivity index (χ2n) is 7.97. The normalized spacial score (nSPS) is 12.3. The molecule has 1 amide bonds. The fourth-order valence-electron chi connectivity index (χ4n) is 3.64. The van der Waals surface area contributed by atoms with E-state index < -0.39 is 0 Å². The fraction of sp³-hybridized carbons (Fsp3) is 0.0400. The van der Waals surface area contributed by atoms with Gasteiger partial charge in [0.15, 0.2) is 6.61 Å². The number of aromatic amines is 2. The monoisotopic (exact) mass is 511 g/mol. The van der Waals surface area contributed by atoms with Crippen molar-refractivity contribution in [2.24, 2.45) is 10.9 Å². The van der Waals surface area contributed by atoms with Crippen LogP contribution in [0.3, 0.4) is 0 Å². The molecule has 3 aromatic carbocycles. The molecule has 0 unspecified atom stereocenters. The van der Waals surface area contributed by atoms with E-state index in [0.29, 0.717) is 33.2 Å². The summed E-state index contributed by atoms with van der Waals surface area (Å²) in [5.74, 6) is 6.06. The fourth-order valence-corrected chi connectivity index (χ4v) is 3.64. The lowest BCUT2D eigenvalue weighted by molar-refractivity contribution is -0.118. The number of hydrogen-bond donors (Lipinski definition) is 6. The SMILES string of the molecule is NNc1nc2ccccc2c(=O)[nH]1.O=C1COc2ccc(/C=N/Nc3nc4ccccc4c(=O)[nH]3)cc2N1. The van der Waals surface area contributed by atoms with Crippen molar-refractivity contribution in [1.29, 1.82) is 0 Å². The van der Waals surface area contributed by atoms with Gasteiger partial charge < -0.3 is 10.1 Å². The predicted octanol–water partition coefficient (Wildman–Crippen LogP) is 1.91. The second kappa shape index (κ2) is 10.6. The van der Waals surface area contributed by atoms with Gasteiger partial charge in [-0.3, -0.25) is 29.8 Å². The number of para-hydroxylation sites is 2. The van der Waals surface area contributed by atoms with Gasteiger partial charge >= 0.3 is 0 Å². The molecule has 0 spiro atoms. The molecule has 0 saturated carbocycles. The van der Waals surface area contributed by atoms with E-state index in [-0.39, 0.29) is 35.5 Å². The predicted molar refractivity (Wildman–Crippen MR) is 144 cm³/mol. The number of carbonyl (C=O) groups excluding carboxylic acids is 1. The lowest BCUT2D eigenvalue weighted by Gasteiger charge is -2.17. The third kappa shape index (κ3) is 5.32. The van der Waals surface area contributed by atoms with Crippen molar-refractivity contribution >= 4 is 51.5 Å². The van der Waals surface area contributed by atoms with E-state index in [1.54, 1.807) is 60.8 Å². The minimum absolute atomic E-state index is 0.0169. The molecular formula is C25H21N9O4. The quantitative estimate of drug-likeness (QED) is 0.119. The number of carbonyl (C=O) groups is 1. The summed E-state index contributed by atoms with van der Waals surface area (Å²) < 4.78 is 5.30. The van der Waals surface area contributed by atoms with Crippen LogP contribution in [0, 0.1) is 0 Å². The Kier molecular flexibility index (Phi) is 6.73. The maximum absolute atomic E-state index is 12.0. The Hall–Kier alpha value is -5.56. The first-order valence-corrected chi connectivity index (χ1v) is 11.3. The first kappa shape index (κ1) is 24.1. The number of nitrogen functional groups attached to an aromatic ring is 1. The van der Waals surface area contributed by atoms with Crippen LogP contribution in [0.5, 0.6) is 5.75 Å². The van der Waals surface area contributed by atoms with Crippen LogP contribution in [-0.2, 0) is 4.79 Å². The highest BCUT2D eigenvalue weighted by Gasteiger charge is 2.15. The van der Waals surface area contributed by atoms with Crippen molar-refractivity contribution in [3.63, 3.8) is 0 Å². The third-order valence-electron chi connectivity index (χ3n) is 5.38. The Morgan fingerprint density at radius 2 is 1.50 bits per heavy atom. The van der Waals surface area contributed by atoms with E-state index in [2.05, 4.69) is 41.2 Å². The Labute approximate surface area is 213 Å². The molecule has 0 radical (unpaired) electrons. The van der Waals surface area contributed by atoms with E-state index >= 15 is 0 Å². The molecule has 2 aromatic heterocycles. The van der Waals surface area contributed by atoms with Gasteiger partial charge in [-0.05, 0) is 48.0 Å². The van der Waals surface area contributed by atoms with Crippen LogP contribution < -0.4 is 37.9 Å². The number of nitrogens with two attached hydrogens (primary N) is 1. The highest BCUT2D eigenvalue weighted by atomic mass is 16.5. The van der Waals surface area contributed by atoms with Gasteiger partial charge in [0.25, 0.3) is 17.0 Å². The highest BCUT2D eigenvalue weighted by molar-refractivity contribution is 5.96. The Morgan fingerprint density at radius 1 is 0.868 bits per heavy atom. The zero-order chi connectivity index (χ0) is 26.5. The highest BCUT2D eigenvalue weighted by Crippen LogP contribution is 2.27. The molecule has 5 aromatic rings. The van der Waals surface area contributed by atoms with Crippen molar-refractivity contribution in [2.75, 3.05) is 22.8 Å². The largest absolute Gasteiger partial charge is 0.482 e. The summed E-state index contributed by atoms with van der Waals surface area (Å²) in [6, 6.07) is 19.4. The van der Waals surface area contributed by atoms with Gasteiger partial charge in [-0.25, -0.2) is 21.2 Å². The van der Waals surface area contributed by atoms with E-state index in [1.807, 2.05) is 12.1 Å². The van der Waals surface area contributed by atoms with Crippen molar-refractivity contribution in [1.82, 2.24) is 19.9 Å². The Morgan fingerprint density at radius 3 is 2.18 bits per heavy atom. The van der Waals surface area contributed by atoms with Crippen LogP contribution in [0.1, 0.15) is 5.56 Å². The summed E-state index contributed by atoms with van der Waals surface area (Å²) in [5.41, 5.74) is 7.11. The number of anilines is 3. The summed E-state index contributed by atoms with van der Waals surface area (Å²) in [6.07, 6.45) is 1.55. The molecule has 0 bridgehead atoms. The topological polar surface area (TPSA) is 192 Å². The zero-order valence-corrected chi connectivity index (χ0v) is 19.7. The van der Waals surface area contributed by atoms with Crippen LogP contribution >= 0.6 is 0 Å². The number of nitrogens with one attached hydrogen (secondary N) is 5. The molecule has 38 heavy (non-hydrogen) atoms. The molecule has 190 valence electrons. The number of aromatic nitrogens is 4. The molecule has 1 aliphatic rings. The zero-order valence-electron chi connectivity index (χ0n) is 19.7. The summed E-state index contributed by atoms with van der Waals surface area (Å²) in [5, 5.41) is 7.87. The third-order valence-corrected chi connectivity index (χ3v) is 5.38. The number of hydrogen-bond acceptors (Lipinski definition) is 10. The average molecular weight is 512 g/mol. The smallest absolute Gasteiger partial charge is 0.262 e. The first-order valence-electron chi connectivity index (χ1n) is 11.3. The first-order chi connectivity index (χ1) is 18.5. The molecule has 7 N–H and O–H groups in total. The van der Waals surface area contributed by atoms with Crippen molar-refractivity contribution < 1.29 is 9.53 Å². The average Bonchev–Trinajstić information content (AvgIpc) is 2.93. The molecule has 0 aliphatic carbocycles. The van der Waals surface area contributed by atoms with Gasteiger partial charge in [-0.1, -0.05) is 24.3 Å². The number of nitrogens with zero attached hydrogens (tertiary/aromatic N) is 3. The van der Waals surface area contributed by atoms with Gasteiger partial charge in [0, 0.05) is 0 Å². The molecule has 0 atom stereocenters. The molecule has 1 aliphatic heterocycles. The summed E-state index contributed by atoms with van der Waals surface area (Å²) in [6.45, 7) is 0.0169. The number of benzene rings is 3. The molecule has 0 saturated heterocycles. The van der Waals surface area contributed by atoms with E-state index in [9.17, 15) is 14.4 Å². The number of ether oxygens (including phenoxy) is 1. The molecule has 6 rings (SSSR count). The van der Waals surface area contributed by atoms with Gasteiger partial charge in [0.2, 0.25) is 11.9 Å². The minimum Gasteiger partial charge on any atom is -0.482 e. The molecule has 0 fully saturated rings. The molecular weight excluding hydrogens is 490 g/mol. The van der Waals surface area contributed by atoms with Gasteiger partial charge in [0.1, 0.15) is 5.75 Å². The second-order valence-corrected chi connectivity index (χ2v) is 7.97. The Bertz CT molecular complexity index is 1800. The van der Waals surface area contributed by atoms with E-state index in [0.717, 1.165) is 5.56 Å². The lowest BCUT2D eigenvalue weighted by atomic mass is 10.2. The lowest BCUT2D eigenvalue weighted by Crippen LogP contribution is -2.25. The van der Waals surface area contributed by atoms with Crippen LogP contribution in [0.2, 0.25) is 0 Å². The van der Waals surface area contributed by atoms with Crippen LogP contribution in [0.4, 0.5) is 17.6 Å². The maximum Gasteiger partial charge on any atom is 0.262 e. The van der Waals surface area contributed by atoms with Crippen molar-refractivity contribution in [2.45, 2.75) is 0 Å². The number of fused-ring (bicyclic) bond motifs is 3. The summed E-state index contributed by atoms with van der Waals surface area (Å²) in [4.78, 5) is 48.2. The number of hydrazone groups is 1. The molecule has 3 heterocycles. The van der Waals surface area contributed by atoms with Crippen molar-refractivity contribution in [3.8, 4) is 5.75 Å². The summed E-state index contributed by atoms with van der Waals surface area (Å²) in [7, 11) is 0. The van der Waals surface area contributed by atoms with Crippen LogP contribution in [0.15, 0.2) is 81.4 Å². The number of rotatable bonds is 4.